The van der Waals surface area contributed by atoms with Gasteiger partial charge in [-0.1, -0.05) is 0 Å². The standard InChI is InChI=1S/C11H14BrFN4O3S/c12-8-6-9(13)10(14)5-7(8)11(18)16-1-3-17(4-2-16)21(15,19)20/h5-6H,1-4,14H2,(H2,15,19,20). The van der Waals surface area contributed by atoms with Crippen LogP contribution in [0.15, 0.2) is 16.6 Å². The number of benzene rings is 1. The van der Waals surface area contributed by atoms with Crippen LogP contribution in [-0.4, -0.2) is 49.7 Å². The predicted molar refractivity (Wildman–Crippen MR) is 79.1 cm³/mol. The summed E-state index contributed by atoms with van der Waals surface area (Å²) in [7, 11) is -3.74. The van der Waals surface area contributed by atoms with Crippen LogP contribution in [-0.2, 0) is 10.2 Å². The van der Waals surface area contributed by atoms with Crippen LogP contribution in [0.4, 0.5) is 10.1 Å². The Hall–Kier alpha value is -1.23. The number of piperazine rings is 1. The fourth-order valence-corrected chi connectivity index (χ4v) is 3.20. The molecular formula is C11H14BrFN4O3S. The molecule has 2 rings (SSSR count). The number of nitrogens with two attached hydrogens (primary N) is 2. The molecule has 4 N–H and O–H groups in total. The third kappa shape index (κ3) is 3.51. The Morgan fingerprint density at radius 1 is 1.24 bits per heavy atom. The third-order valence-electron chi connectivity index (χ3n) is 3.20. The van der Waals surface area contributed by atoms with Crippen molar-refractivity contribution in [1.82, 2.24) is 9.21 Å². The summed E-state index contributed by atoms with van der Waals surface area (Å²) in [6.45, 7) is 0.662. The van der Waals surface area contributed by atoms with Crippen molar-refractivity contribution >= 4 is 37.7 Å². The van der Waals surface area contributed by atoms with Gasteiger partial charge in [-0.05, 0) is 28.1 Å². The van der Waals surface area contributed by atoms with E-state index < -0.39 is 16.0 Å². The number of carbonyl (C=O) groups excluding carboxylic acids is 1. The zero-order chi connectivity index (χ0) is 15.8. The molecule has 0 spiro atoms. The van der Waals surface area contributed by atoms with Crippen LogP contribution in [0.25, 0.3) is 0 Å². The number of nitrogen functional groups attached to an aromatic ring is 1. The highest BCUT2D eigenvalue weighted by Crippen LogP contribution is 2.24. The molecule has 0 unspecified atom stereocenters. The highest BCUT2D eigenvalue weighted by atomic mass is 79.9. The van der Waals surface area contributed by atoms with Crippen LogP contribution in [0.3, 0.4) is 0 Å². The Balaban J connectivity index is 2.14. The van der Waals surface area contributed by atoms with Gasteiger partial charge in [0.2, 0.25) is 0 Å². The number of hydrogen-bond donors (Lipinski definition) is 2. The highest BCUT2D eigenvalue weighted by Gasteiger charge is 2.28. The van der Waals surface area contributed by atoms with Gasteiger partial charge in [0.1, 0.15) is 5.82 Å². The molecule has 1 aromatic carbocycles. The lowest BCUT2D eigenvalue weighted by Gasteiger charge is -2.33. The van der Waals surface area contributed by atoms with Crippen LogP contribution in [0.1, 0.15) is 10.4 Å². The van der Waals surface area contributed by atoms with Crippen LogP contribution in [0, 0.1) is 5.82 Å². The summed E-state index contributed by atoms with van der Waals surface area (Å²) in [5, 5.41) is 5.03. The minimum Gasteiger partial charge on any atom is -0.396 e. The van der Waals surface area contributed by atoms with E-state index in [1.54, 1.807) is 0 Å². The van der Waals surface area contributed by atoms with Gasteiger partial charge in [-0.25, -0.2) is 9.53 Å². The SMILES string of the molecule is Nc1cc(C(=O)N2CCN(S(N)(=O)=O)CC2)c(Br)cc1F. The van der Waals surface area contributed by atoms with E-state index in [1.165, 1.54) is 11.0 Å². The van der Waals surface area contributed by atoms with E-state index >= 15 is 0 Å². The molecule has 0 atom stereocenters. The third-order valence-corrected chi connectivity index (χ3v) is 4.94. The van der Waals surface area contributed by atoms with Crippen LogP contribution in [0.2, 0.25) is 0 Å². The van der Waals surface area contributed by atoms with Gasteiger partial charge >= 0.3 is 0 Å². The molecule has 1 saturated heterocycles. The van der Waals surface area contributed by atoms with Crippen molar-refractivity contribution in [2.45, 2.75) is 0 Å². The number of carbonyl (C=O) groups is 1. The molecule has 116 valence electrons. The van der Waals surface area contributed by atoms with Gasteiger partial charge in [-0.2, -0.15) is 12.7 Å². The predicted octanol–water partition coefficient (Wildman–Crippen LogP) is 0.132. The van der Waals surface area contributed by atoms with E-state index in [0.717, 1.165) is 10.4 Å². The molecule has 0 aromatic heterocycles. The molecule has 1 fully saturated rings. The Bertz CT molecular complexity index is 674. The molecule has 1 aromatic rings. The second-order valence-corrected chi connectivity index (χ2v) is 6.99. The molecule has 0 radical (unpaired) electrons. The monoisotopic (exact) mass is 380 g/mol. The van der Waals surface area contributed by atoms with Gasteiger partial charge in [0.15, 0.2) is 0 Å². The zero-order valence-electron chi connectivity index (χ0n) is 10.9. The molecule has 0 aliphatic carbocycles. The number of hydrogen-bond acceptors (Lipinski definition) is 4. The summed E-state index contributed by atoms with van der Waals surface area (Å²) in [6.07, 6.45) is 0. The molecule has 0 bridgehead atoms. The maximum atomic E-state index is 13.3. The van der Waals surface area contributed by atoms with Gasteiger partial charge < -0.3 is 10.6 Å². The summed E-state index contributed by atoms with van der Waals surface area (Å²) in [5.41, 5.74) is 5.58. The molecule has 0 saturated carbocycles. The average molecular weight is 381 g/mol. The first-order valence-corrected chi connectivity index (χ1v) is 8.31. The van der Waals surface area contributed by atoms with Crippen molar-refractivity contribution in [3.05, 3.63) is 28.0 Å². The van der Waals surface area contributed by atoms with Gasteiger partial charge in [0.05, 0.1) is 11.3 Å². The van der Waals surface area contributed by atoms with E-state index in [4.69, 9.17) is 10.9 Å². The summed E-state index contributed by atoms with van der Waals surface area (Å²) in [4.78, 5) is 13.8. The molecule has 1 amide bonds. The Morgan fingerprint density at radius 3 is 2.33 bits per heavy atom. The molecular weight excluding hydrogens is 367 g/mol. The zero-order valence-corrected chi connectivity index (χ0v) is 13.3. The number of amides is 1. The minimum atomic E-state index is -3.74. The van der Waals surface area contributed by atoms with Crippen molar-refractivity contribution < 1.29 is 17.6 Å². The van der Waals surface area contributed by atoms with Crippen molar-refractivity contribution in [1.29, 1.82) is 0 Å². The molecule has 1 aliphatic rings. The first kappa shape index (κ1) is 16.1. The second-order valence-electron chi connectivity index (χ2n) is 4.59. The number of nitrogens with zero attached hydrogens (tertiary/aromatic N) is 2. The van der Waals surface area contributed by atoms with Crippen molar-refractivity contribution in [3.63, 3.8) is 0 Å². The number of anilines is 1. The van der Waals surface area contributed by atoms with E-state index in [1.807, 2.05) is 0 Å². The Labute approximate surface area is 130 Å². The van der Waals surface area contributed by atoms with Crippen LogP contribution < -0.4 is 10.9 Å². The molecule has 10 heteroatoms. The first-order chi connectivity index (χ1) is 9.70. The average Bonchev–Trinajstić information content (AvgIpc) is 2.41. The minimum absolute atomic E-state index is 0.121. The van der Waals surface area contributed by atoms with E-state index in [0.29, 0.717) is 4.47 Å². The van der Waals surface area contributed by atoms with Crippen molar-refractivity contribution in [2.75, 3.05) is 31.9 Å². The quantitative estimate of drug-likeness (QED) is 0.710. The number of halogens is 2. The lowest BCUT2D eigenvalue weighted by molar-refractivity contribution is 0.0697. The first-order valence-electron chi connectivity index (χ1n) is 6.02. The molecule has 21 heavy (non-hydrogen) atoms. The van der Waals surface area contributed by atoms with E-state index in [9.17, 15) is 17.6 Å². The Morgan fingerprint density at radius 2 is 1.81 bits per heavy atom. The topological polar surface area (TPSA) is 110 Å². The van der Waals surface area contributed by atoms with E-state index in [-0.39, 0.29) is 43.3 Å². The van der Waals surface area contributed by atoms with Crippen molar-refractivity contribution in [2.24, 2.45) is 5.14 Å². The van der Waals surface area contributed by atoms with Gasteiger partial charge in [0, 0.05) is 30.7 Å². The smallest absolute Gasteiger partial charge is 0.277 e. The normalized spacial score (nSPS) is 17.0. The summed E-state index contributed by atoms with van der Waals surface area (Å²) >= 11 is 3.12. The Kier molecular flexibility index (Phi) is 4.51. The van der Waals surface area contributed by atoms with E-state index in [2.05, 4.69) is 15.9 Å². The lowest BCUT2D eigenvalue weighted by Crippen LogP contribution is -2.52. The van der Waals surface area contributed by atoms with Gasteiger partial charge in [-0.3, -0.25) is 4.79 Å². The maximum Gasteiger partial charge on any atom is 0.277 e. The molecule has 1 aliphatic heterocycles. The second kappa shape index (κ2) is 5.87. The van der Waals surface area contributed by atoms with Crippen LogP contribution >= 0.6 is 15.9 Å². The highest BCUT2D eigenvalue weighted by molar-refractivity contribution is 9.10. The number of rotatable bonds is 2. The van der Waals surface area contributed by atoms with Gasteiger partial charge in [-0.15, -0.1) is 0 Å². The summed E-state index contributed by atoms with van der Waals surface area (Å²) in [5.74, 6) is -0.958. The van der Waals surface area contributed by atoms with Crippen molar-refractivity contribution in [3.8, 4) is 0 Å². The van der Waals surface area contributed by atoms with Crippen LogP contribution in [0.5, 0.6) is 0 Å². The summed E-state index contributed by atoms with van der Waals surface area (Å²) in [6, 6.07) is 2.39. The van der Waals surface area contributed by atoms with Gasteiger partial charge in [0.25, 0.3) is 16.1 Å². The molecule has 7 nitrogen and oxygen atoms in total. The molecule has 1 heterocycles. The maximum absolute atomic E-state index is 13.3. The lowest BCUT2D eigenvalue weighted by atomic mass is 10.1. The largest absolute Gasteiger partial charge is 0.396 e. The fourth-order valence-electron chi connectivity index (χ4n) is 2.05. The summed E-state index contributed by atoms with van der Waals surface area (Å²) < 4.78 is 37.1. The fraction of sp³-hybridized carbons (Fsp3) is 0.364.